The lowest BCUT2D eigenvalue weighted by Gasteiger charge is -2.18. The minimum Gasteiger partial charge on any atom is -0.292 e. The van der Waals surface area contributed by atoms with Crippen LogP contribution >= 0.6 is 11.8 Å². The number of Topliss-reactive ketones (excluding diaryl/α,β-unsaturated/α-hetero) is 1. The molecule has 31 heavy (non-hydrogen) atoms. The fourth-order valence-corrected chi connectivity index (χ4v) is 5.20. The average Bonchev–Trinajstić information content (AvgIpc) is 3.17. The number of pyridine rings is 1. The van der Waals surface area contributed by atoms with Gasteiger partial charge in [-0.15, -0.1) is 11.8 Å². The van der Waals surface area contributed by atoms with Crippen LogP contribution in [0.1, 0.15) is 38.7 Å². The van der Waals surface area contributed by atoms with Gasteiger partial charge in [0, 0.05) is 29.4 Å². The second-order valence-electron chi connectivity index (χ2n) is 7.32. The van der Waals surface area contributed by atoms with E-state index in [1.54, 1.807) is 37.3 Å². The number of nitrogens with zero attached hydrogens (tertiary/aromatic N) is 1. The number of alkyl halides is 3. The Kier molecular flexibility index (Phi) is 5.51. The second kappa shape index (κ2) is 8.00. The van der Waals surface area contributed by atoms with Crippen molar-refractivity contribution in [1.82, 2.24) is 4.57 Å². The number of aromatic nitrogens is 1. The van der Waals surface area contributed by atoms with E-state index in [0.29, 0.717) is 21.7 Å². The van der Waals surface area contributed by atoms with E-state index in [2.05, 4.69) is 0 Å². The molecule has 0 aliphatic carbocycles. The van der Waals surface area contributed by atoms with Crippen LogP contribution in [0.5, 0.6) is 0 Å². The highest BCUT2D eigenvalue weighted by Crippen LogP contribution is 2.40. The number of thioether (sulfide) groups is 1. The monoisotopic (exact) mass is 447 g/mol. The summed E-state index contributed by atoms with van der Waals surface area (Å²) in [6.45, 7) is 1.61. The zero-order valence-electron chi connectivity index (χ0n) is 16.4. The van der Waals surface area contributed by atoms with Crippen LogP contribution in [0.4, 0.5) is 17.6 Å². The van der Waals surface area contributed by atoms with Crippen molar-refractivity contribution in [1.29, 1.82) is 0 Å². The topological polar surface area (TPSA) is 39.1 Å². The highest BCUT2D eigenvalue weighted by Gasteiger charge is 2.36. The average molecular weight is 447 g/mol. The van der Waals surface area contributed by atoms with Gasteiger partial charge in [0.2, 0.25) is 0 Å². The first kappa shape index (κ1) is 21.4. The van der Waals surface area contributed by atoms with E-state index in [1.165, 1.54) is 22.4 Å². The fourth-order valence-electron chi connectivity index (χ4n) is 3.82. The first-order valence-corrected chi connectivity index (χ1v) is 10.5. The SMILES string of the molecule is Cc1cc(=O)n2c(c1Cc1c(F)cccc1C(F)(F)F)SCC2C(=O)c1ccccc1. The molecule has 0 radical (unpaired) electrons. The highest BCUT2D eigenvalue weighted by molar-refractivity contribution is 7.99. The van der Waals surface area contributed by atoms with E-state index >= 15 is 0 Å². The molecule has 1 atom stereocenters. The summed E-state index contributed by atoms with van der Waals surface area (Å²) in [6.07, 6.45) is -5.04. The molecule has 8 heteroatoms. The van der Waals surface area contributed by atoms with Crippen molar-refractivity contribution in [2.45, 2.75) is 30.6 Å². The molecule has 2 heterocycles. The third-order valence-corrected chi connectivity index (χ3v) is 6.56. The molecule has 0 bridgehead atoms. The van der Waals surface area contributed by atoms with Gasteiger partial charge >= 0.3 is 6.18 Å². The number of ketones is 1. The Morgan fingerprint density at radius 3 is 2.48 bits per heavy atom. The molecule has 3 nitrogen and oxygen atoms in total. The maximum atomic E-state index is 14.4. The number of carbonyl (C=O) groups is 1. The summed E-state index contributed by atoms with van der Waals surface area (Å²) < 4.78 is 56.1. The van der Waals surface area contributed by atoms with Crippen molar-refractivity contribution in [3.8, 4) is 0 Å². The van der Waals surface area contributed by atoms with Crippen LogP contribution in [0.15, 0.2) is 64.4 Å². The number of rotatable bonds is 4. The molecule has 3 aromatic rings. The van der Waals surface area contributed by atoms with Crippen LogP contribution in [0, 0.1) is 12.7 Å². The number of hydrogen-bond acceptors (Lipinski definition) is 3. The van der Waals surface area contributed by atoms with Gasteiger partial charge in [0.15, 0.2) is 5.78 Å². The lowest BCUT2D eigenvalue weighted by Crippen LogP contribution is -2.29. The minimum absolute atomic E-state index is 0.245. The Bertz CT molecular complexity index is 1220. The first-order chi connectivity index (χ1) is 14.7. The van der Waals surface area contributed by atoms with Crippen molar-refractivity contribution in [3.05, 3.63) is 98.6 Å². The number of carbonyl (C=O) groups excluding carboxylic acids is 1. The van der Waals surface area contributed by atoms with Gasteiger partial charge in [-0.1, -0.05) is 36.4 Å². The quantitative estimate of drug-likeness (QED) is 0.395. The molecule has 1 aliphatic rings. The Morgan fingerprint density at radius 2 is 1.81 bits per heavy atom. The van der Waals surface area contributed by atoms with Gasteiger partial charge in [-0.3, -0.25) is 14.2 Å². The summed E-state index contributed by atoms with van der Waals surface area (Å²) in [5.74, 6) is -0.923. The lowest BCUT2D eigenvalue weighted by molar-refractivity contribution is -0.138. The lowest BCUT2D eigenvalue weighted by atomic mass is 9.96. The largest absolute Gasteiger partial charge is 0.416 e. The van der Waals surface area contributed by atoms with Gasteiger partial charge < -0.3 is 0 Å². The molecular weight excluding hydrogens is 430 g/mol. The van der Waals surface area contributed by atoms with Gasteiger partial charge in [0.1, 0.15) is 11.9 Å². The minimum atomic E-state index is -4.71. The van der Waals surface area contributed by atoms with Crippen molar-refractivity contribution >= 4 is 17.5 Å². The van der Waals surface area contributed by atoms with E-state index in [9.17, 15) is 27.2 Å². The van der Waals surface area contributed by atoms with Crippen LogP contribution in [0.2, 0.25) is 0 Å². The molecular formula is C23H17F4NO2S. The second-order valence-corrected chi connectivity index (χ2v) is 8.33. The van der Waals surface area contributed by atoms with Crippen LogP contribution < -0.4 is 5.56 Å². The van der Waals surface area contributed by atoms with Crippen molar-refractivity contribution in [2.75, 3.05) is 5.75 Å². The summed E-state index contributed by atoms with van der Waals surface area (Å²) in [5.41, 5.74) is -0.588. The molecule has 1 unspecified atom stereocenters. The van der Waals surface area contributed by atoms with Gasteiger partial charge in [-0.2, -0.15) is 13.2 Å². The number of fused-ring (bicyclic) bond motifs is 1. The molecule has 2 aromatic carbocycles. The number of halogens is 4. The fraction of sp³-hybridized carbons (Fsp3) is 0.217. The maximum Gasteiger partial charge on any atom is 0.416 e. The van der Waals surface area contributed by atoms with Crippen LogP contribution in [-0.2, 0) is 12.6 Å². The molecule has 0 saturated heterocycles. The summed E-state index contributed by atoms with van der Waals surface area (Å²) in [4.78, 5) is 25.7. The molecule has 160 valence electrons. The Hall–Kier alpha value is -2.87. The predicted octanol–water partition coefficient (Wildman–Crippen LogP) is 5.44. The molecule has 0 saturated carbocycles. The van der Waals surface area contributed by atoms with E-state index in [-0.39, 0.29) is 18.0 Å². The third-order valence-electron chi connectivity index (χ3n) is 5.36. The van der Waals surface area contributed by atoms with Crippen LogP contribution in [-0.4, -0.2) is 16.1 Å². The number of aryl methyl sites for hydroxylation is 1. The molecule has 0 amide bonds. The smallest absolute Gasteiger partial charge is 0.292 e. The zero-order chi connectivity index (χ0) is 22.3. The highest BCUT2D eigenvalue weighted by atomic mass is 32.2. The first-order valence-electron chi connectivity index (χ1n) is 9.50. The standard InChI is InChI=1S/C23H17F4NO2S/c1-13-10-20(29)28-19(21(30)14-6-3-2-4-7-14)12-31-22(28)15(13)11-16-17(23(25,26)27)8-5-9-18(16)24/h2-10,19H,11-12H2,1H3. The summed E-state index contributed by atoms with van der Waals surface area (Å²) in [5, 5.41) is 0.413. The zero-order valence-corrected chi connectivity index (χ0v) is 17.2. The molecule has 1 aliphatic heterocycles. The maximum absolute atomic E-state index is 14.4. The van der Waals surface area contributed by atoms with Crippen LogP contribution in [0.25, 0.3) is 0 Å². The van der Waals surface area contributed by atoms with Crippen molar-refractivity contribution in [2.24, 2.45) is 0 Å². The van der Waals surface area contributed by atoms with Gasteiger partial charge in [-0.05, 0) is 30.2 Å². The Labute approximate surface area is 179 Å². The number of benzene rings is 2. The van der Waals surface area contributed by atoms with Crippen molar-refractivity contribution in [3.63, 3.8) is 0 Å². The summed E-state index contributed by atoms with van der Waals surface area (Å²) in [6, 6.07) is 11.9. The molecule has 0 fully saturated rings. The van der Waals surface area contributed by atoms with Crippen molar-refractivity contribution < 1.29 is 22.4 Å². The van der Waals surface area contributed by atoms with Gasteiger partial charge in [0.05, 0.1) is 10.6 Å². The van der Waals surface area contributed by atoms with E-state index in [4.69, 9.17) is 0 Å². The van der Waals surface area contributed by atoms with Gasteiger partial charge in [0.25, 0.3) is 5.56 Å². The summed E-state index contributed by atoms with van der Waals surface area (Å²) in [7, 11) is 0. The van der Waals surface area contributed by atoms with E-state index < -0.39 is 34.7 Å². The third kappa shape index (κ3) is 3.92. The van der Waals surface area contributed by atoms with Crippen LogP contribution in [0.3, 0.4) is 0 Å². The predicted molar refractivity (Wildman–Crippen MR) is 110 cm³/mol. The molecule has 1 aromatic heterocycles. The normalized spacial score (nSPS) is 15.7. The Morgan fingerprint density at radius 1 is 1.10 bits per heavy atom. The van der Waals surface area contributed by atoms with E-state index in [1.807, 2.05) is 0 Å². The molecule has 4 rings (SSSR count). The number of hydrogen-bond donors (Lipinski definition) is 0. The Balaban J connectivity index is 1.81. The van der Waals surface area contributed by atoms with E-state index in [0.717, 1.165) is 18.2 Å². The molecule has 0 N–H and O–H groups in total. The van der Waals surface area contributed by atoms with Gasteiger partial charge in [-0.25, -0.2) is 4.39 Å². The molecule has 0 spiro atoms. The summed E-state index contributed by atoms with van der Waals surface area (Å²) >= 11 is 1.23.